The van der Waals surface area contributed by atoms with Gasteiger partial charge in [0.25, 0.3) is 0 Å². The lowest BCUT2D eigenvalue weighted by molar-refractivity contribution is -0.150. The number of fused-ring (bicyclic) bond motifs is 2. The first-order chi connectivity index (χ1) is 9.61. The SMILES string of the molecule is COC(=O)C1CCN(C(=O)C2C3CCC(C3)C2N)CC1. The summed E-state index contributed by atoms with van der Waals surface area (Å²) in [6.07, 6.45) is 4.92. The molecule has 4 unspecified atom stereocenters. The summed E-state index contributed by atoms with van der Waals surface area (Å²) in [6, 6.07) is 0.0552. The minimum Gasteiger partial charge on any atom is -0.469 e. The van der Waals surface area contributed by atoms with Crippen LogP contribution in [0, 0.1) is 23.7 Å². The zero-order valence-corrected chi connectivity index (χ0v) is 12.1. The van der Waals surface area contributed by atoms with Gasteiger partial charge in [-0.1, -0.05) is 0 Å². The Morgan fingerprint density at radius 1 is 1.10 bits per heavy atom. The van der Waals surface area contributed by atoms with Gasteiger partial charge in [0.1, 0.15) is 0 Å². The molecule has 5 heteroatoms. The number of rotatable bonds is 2. The molecule has 1 amide bonds. The summed E-state index contributed by atoms with van der Waals surface area (Å²) < 4.78 is 4.78. The number of nitrogens with zero attached hydrogens (tertiary/aromatic N) is 1. The van der Waals surface area contributed by atoms with Crippen molar-refractivity contribution in [3.63, 3.8) is 0 Å². The molecule has 4 atom stereocenters. The fourth-order valence-electron chi connectivity index (χ4n) is 4.42. The van der Waals surface area contributed by atoms with Crippen molar-refractivity contribution in [2.75, 3.05) is 20.2 Å². The third kappa shape index (κ3) is 2.22. The number of nitrogens with two attached hydrogens (primary N) is 1. The molecule has 1 heterocycles. The molecular formula is C15H24N2O3. The third-order valence-corrected chi connectivity index (χ3v) is 5.61. The summed E-state index contributed by atoms with van der Waals surface area (Å²) in [7, 11) is 1.42. The van der Waals surface area contributed by atoms with Crippen LogP contribution in [-0.4, -0.2) is 43.0 Å². The van der Waals surface area contributed by atoms with E-state index in [-0.39, 0.29) is 29.8 Å². The number of carbonyl (C=O) groups is 2. The number of ether oxygens (including phenoxy) is 1. The van der Waals surface area contributed by atoms with Crippen LogP contribution in [0.3, 0.4) is 0 Å². The molecule has 3 fully saturated rings. The van der Waals surface area contributed by atoms with E-state index in [9.17, 15) is 9.59 Å². The van der Waals surface area contributed by atoms with Gasteiger partial charge in [0.2, 0.25) is 5.91 Å². The summed E-state index contributed by atoms with van der Waals surface area (Å²) in [5, 5.41) is 0. The van der Waals surface area contributed by atoms with Gasteiger partial charge in [-0.05, 0) is 43.9 Å². The van der Waals surface area contributed by atoms with Crippen LogP contribution in [0.2, 0.25) is 0 Å². The first-order valence-electron chi connectivity index (χ1n) is 7.74. The maximum absolute atomic E-state index is 12.7. The van der Waals surface area contributed by atoms with Crippen LogP contribution in [0.4, 0.5) is 0 Å². The van der Waals surface area contributed by atoms with E-state index in [1.807, 2.05) is 4.90 Å². The molecule has 2 N–H and O–H groups in total. The average molecular weight is 280 g/mol. The van der Waals surface area contributed by atoms with Crippen molar-refractivity contribution in [1.29, 1.82) is 0 Å². The highest BCUT2D eigenvalue weighted by atomic mass is 16.5. The summed E-state index contributed by atoms with van der Waals surface area (Å²) >= 11 is 0. The minimum atomic E-state index is -0.145. The van der Waals surface area contributed by atoms with Crippen LogP contribution in [0.25, 0.3) is 0 Å². The molecule has 0 radical (unpaired) electrons. The van der Waals surface area contributed by atoms with E-state index in [1.165, 1.54) is 13.5 Å². The number of hydrogen-bond donors (Lipinski definition) is 1. The fraction of sp³-hybridized carbons (Fsp3) is 0.867. The zero-order chi connectivity index (χ0) is 14.3. The van der Waals surface area contributed by atoms with Gasteiger partial charge in [0.15, 0.2) is 0 Å². The Bertz CT molecular complexity index is 402. The molecule has 1 aliphatic heterocycles. The van der Waals surface area contributed by atoms with Crippen molar-refractivity contribution in [3.8, 4) is 0 Å². The second-order valence-electron chi connectivity index (χ2n) is 6.56. The Morgan fingerprint density at radius 2 is 1.75 bits per heavy atom. The van der Waals surface area contributed by atoms with Crippen molar-refractivity contribution >= 4 is 11.9 Å². The Labute approximate surface area is 119 Å². The van der Waals surface area contributed by atoms with Crippen molar-refractivity contribution < 1.29 is 14.3 Å². The Kier molecular flexibility index (Phi) is 3.71. The second kappa shape index (κ2) is 5.35. The van der Waals surface area contributed by atoms with Crippen LogP contribution in [0.1, 0.15) is 32.1 Å². The Morgan fingerprint density at radius 3 is 2.30 bits per heavy atom. The van der Waals surface area contributed by atoms with Gasteiger partial charge in [-0.2, -0.15) is 0 Å². The maximum Gasteiger partial charge on any atom is 0.308 e. The van der Waals surface area contributed by atoms with Gasteiger partial charge in [0, 0.05) is 19.1 Å². The van der Waals surface area contributed by atoms with E-state index in [0.29, 0.717) is 37.8 Å². The van der Waals surface area contributed by atoms with Gasteiger partial charge in [-0.15, -0.1) is 0 Å². The van der Waals surface area contributed by atoms with Crippen molar-refractivity contribution in [2.24, 2.45) is 29.4 Å². The molecule has 3 aliphatic rings. The highest BCUT2D eigenvalue weighted by Crippen LogP contribution is 2.48. The lowest BCUT2D eigenvalue weighted by Crippen LogP contribution is -2.49. The van der Waals surface area contributed by atoms with E-state index in [0.717, 1.165) is 12.8 Å². The average Bonchev–Trinajstić information content (AvgIpc) is 3.07. The second-order valence-corrected chi connectivity index (χ2v) is 6.56. The van der Waals surface area contributed by atoms with Crippen LogP contribution < -0.4 is 5.73 Å². The van der Waals surface area contributed by atoms with E-state index >= 15 is 0 Å². The molecule has 0 spiro atoms. The van der Waals surface area contributed by atoms with E-state index < -0.39 is 0 Å². The molecule has 5 nitrogen and oxygen atoms in total. The number of carbonyl (C=O) groups excluding carboxylic acids is 2. The molecule has 3 rings (SSSR count). The molecule has 2 bridgehead atoms. The summed E-state index contributed by atoms with van der Waals surface area (Å²) in [6.45, 7) is 1.33. The van der Waals surface area contributed by atoms with E-state index in [2.05, 4.69) is 0 Å². The van der Waals surface area contributed by atoms with Crippen molar-refractivity contribution in [2.45, 2.75) is 38.1 Å². The summed E-state index contributed by atoms with van der Waals surface area (Å²) in [4.78, 5) is 26.1. The molecule has 0 aromatic rings. The normalized spacial score (nSPS) is 37.2. The molecule has 0 aromatic carbocycles. The van der Waals surface area contributed by atoms with Gasteiger partial charge < -0.3 is 15.4 Å². The van der Waals surface area contributed by atoms with E-state index in [4.69, 9.17) is 10.5 Å². The topological polar surface area (TPSA) is 72.6 Å². The van der Waals surface area contributed by atoms with Crippen LogP contribution in [0.5, 0.6) is 0 Å². The monoisotopic (exact) mass is 280 g/mol. The minimum absolute atomic E-state index is 0.0310. The molecule has 2 saturated carbocycles. The first-order valence-corrected chi connectivity index (χ1v) is 7.74. The number of methoxy groups -OCH3 is 1. The summed E-state index contributed by atoms with van der Waals surface area (Å²) in [5.74, 6) is 1.13. The van der Waals surface area contributed by atoms with Crippen LogP contribution >= 0.6 is 0 Å². The van der Waals surface area contributed by atoms with Gasteiger partial charge in [-0.25, -0.2) is 0 Å². The predicted molar refractivity (Wildman–Crippen MR) is 73.6 cm³/mol. The Hall–Kier alpha value is -1.10. The predicted octanol–water partition coefficient (Wildman–Crippen LogP) is 0.771. The molecule has 20 heavy (non-hydrogen) atoms. The largest absolute Gasteiger partial charge is 0.469 e. The standard InChI is InChI=1S/C15H24N2O3/c1-20-15(19)9-4-6-17(7-5-9)14(18)12-10-2-3-11(8-10)13(12)16/h9-13H,2-8,16H2,1H3. The highest BCUT2D eigenvalue weighted by molar-refractivity contribution is 5.81. The number of esters is 1. The zero-order valence-electron chi connectivity index (χ0n) is 12.1. The fourth-order valence-corrected chi connectivity index (χ4v) is 4.42. The van der Waals surface area contributed by atoms with Gasteiger partial charge in [0.05, 0.1) is 18.9 Å². The smallest absolute Gasteiger partial charge is 0.308 e. The van der Waals surface area contributed by atoms with Gasteiger partial charge >= 0.3 is 5.97 Å². The quantitative estimate of drug-likeness (QED) is 0.758. The number of hydrogen-bond acceptors (Lipinski definition) is 4. The molecule has 112 valence electrons. The first kappa shape index (κ1) is 13.9. The van der Waals surface area contributed by atoms with E-state index in [1.54, 1.807) is 0 Å². The number of amides is 1. The van der Waals surface area contributed by atoms with Crippen molar-refractivity contribution in [3.05, 3.63) is 0 Å². The van der Waals surface area contributed by atoms with Crippen molar-refractivity contribution in [1.82, 2.24) is 4.90 Å². The molecule has 2 aliphatic carbocycles. The molecule has 0 aromatic heterocycles. The number of likely N-dealkylation sites (tertiary alicyclic amines) is 1. The Balaban J connectivity index is 1.58. The van der Waals surface area contributed by atoms with Gasteiger partial charge in [-0.3, -0.25) is 9.59 Å². The van der Waals surface area contributed by atoms with Crippen LogP contribution in [-0.2, 0) is 14.3 Å². The van der Waals surface area contributed by atoms with Crippen LogP contribution in [0.15, 0.2) is 0 Å². The molecule has 1 saturated heterocycles. The summed E-state index contributed by atoms with van der Waals surface area (Å²) in [5.41, 5.74) is 6.25. The lowest BCUT2D eigenvalue weighted by Gasteiger charge is -2.36. The third-order valence-electron chi connectivity index (χ3n) is 5.61. The lowest BCUT2D eigenvalue weighted by atomic mass is 9.83. The number of piperidine rings is 1. The molecular weight excluding hydrogens is 256 g/mol. The maximum atomic E-state index is 12.7. The highest BCUT2D eigenvalue weighted by Gasteiger charge is 2.50.